The average Bonchev–Trinajstić information content (AvgIpc) is 2.58. The highest BCUT2D eigenvalue weighted by Crippen LogP contribution is 2.26. The Kier molecular flexibility index (Phi) is 3.26. The van der Waals surface area contributed by atoms with Crippen LogP contribution in [0.1, 0.15) is 15.9 Å². The van der Waals surface area contributed by atoms with Gasteiger partial charge in [0, 0.05) is 5.56 Å². The van der Waals surface area contributed by atoms with Gasteiger partial charge in [-0.2, -0.15) is 0 Å². The highest BCUT2D eigenvalue weighted by Gasteiger charge is 2.22. The van der Waals surface area contributed by atoms with E-state index in [1.165, 1.54) is 12.1 Å². The third-order valence-electron chi connectivity index (χ3n) is 2.11. The minimum Gasteiger partial charge on any atom is -0.545 e. The smallest absolute Gasteiger partial charge is 0.263 e. The topological polar surface area (TPSA) is 69.2 Å². The number of amides is 1. The number of hydrogen-bond acceptors (Lipinski definition) is 5. The van der Waals surface area contributed by atoms with Crippen molar-refractivity contribution in [2.75, 3.05) is 0 Å². The van der Waals surface area contributed by atoms with Gasteiger partial charge in [-0.25, -0.2) is 0 Å². The largest absolute Gasteiger partial charge is 0.545 e. The number of carbonyl (C=O) groups excluding carboxylic acids is 2. The number of carboxylic acid groups (broad SMARTS) is 1. The summed E-state index contributed by atoms with van der Waals surface area (Å²) in [4.78, 5) is 22.7. The molecule has 1 aromatic rings. The fourth-order valence-corrected chi connectivity index (χ4v) is 2.41. The van der Waals surface area contributed by atoms with Crippen LogP contribution in [-0.2, 0) is 4.79 Å². The lowest BCUT2D eigenvalue weighted by Gasteiger charge is -2.06. The lowest BCUT2D eigenvalue weighted by atomic mass is 10.1. The summed E-state index contributed by atoms with van der Waals surface area (Å²) in [5.41, 5.74) is 0.473. The normalized spacial score (nSPS) is 17.3. The summed E-state index contributed by atoms with van der Waals surface area (Å²) in [6.45, 7) is 0. The van der Waals surface area contributed by atoms with E-state index in [1.54, 1.807) is 18.2 Å². The fourth-order valence-electron chi connectivity index (χ4n) is 1.37. The number of hydrogen-bond donors (Lipinski definition) is 1. The van der Waals surface area contributed by atoms with E-state index < -0.39 is 5.97 Å². The van der Waals surface area contributed by atoms with Crippen LogP contribution in [0.25, 0.3) is 6.08 Å². The van der Waals surface area contributed by atoms with E-state index in [9.17, 15) is 14.7 Å². The van der Waals surface area contributed by atoms with E-state index in [0.717, 1.165) is 11.8 Å². The van der Waals surface area contributed by atoms with Gasteiger partial charge in [0.1, 0.15) is 4.32 Å². The molecule has 0 aromatic heterocycles. The highest BCUT2D eigenvalue weighted by atomic mass is 32.2. The predicted octanol–water partition coefficient (Wildman–Crippen LogP) is 0.539. The minimum atomic E-state index is -1.27. The van der Waals surface area contributed by atoms with Crippen LogP contribution in [-0.4, -0.2) is 16.2 Å². The third kappa shape index (κ3) is 2.54. The molecule has 1 fully saturated rings. The van der Waals surface area contributed by atoms with Crippen molar-refractivity contribution in [2.45, 2.75) is 0 Å². The summed E-state index contributed by atoms with van der Waals surface area (Å²) < 4.78 is 0.368. The zero-order valence-corrected chi connectivity index (χ0v) is 10.1. The van der Waals surface area contributed by atoms with E-state index in [0.29, 0.717) is 14.8 Å². The van der Waals surface area contributed by atoms with Crippen LogP contribution in [0.4, 0.5) is 0 Å². The van der Waals surface area contributed by atoms with E-state index in [4.69, 9.17) is 12.2 Å². The molecule has 1 aromatic carbocycles. The van der Waals surface area contributed by atoms with Gasteiger partial charge >= 0.3 is 0 Å². The van der Waals surface area contributed by atoms with Gasteiger partial charge in [-0.1, -0.05) is 48.2 Å². The van der Waals surface area contributed by atoms with E-state index in [2.05, 4.69) is 5.32 Å². The third-order valence-corrected chi connectivity index (χ3v) is 3.27. The molecule has 0 bridgehead atoms. The standard InChI is InChI=1S/C11H7NO3S2/c13-9-8(17-11(16)12-9)5-6-3-1-2-4-7(6)10(14)15/h1-5H,(H,14,15)(H,12,13,16)/p-1/b8-5-. The summed E-state index contributed by atoms with van der Waals surface area (Å²) in [6, 6.07) is 6.32. The van der Waals surface area contributed by atoms with Crippen LogP contribution in [0.2, 0.25) is 0 Å². The van der Waals surface area contributed by atoms with Crippen molar-refractivity contribution in [1.82, 2.24) is 5.32 Å². The number of rotatable bonds is 2. The van der Waals surface area contributed by atoms with Crippen molar-refractivity contribution >= 4 is 46.3 Å². The summed E-state index contributed by atoms with van der Waals surface area (Å²) in [6.07, 6.45) is 1.49. The Morgan fingerprint density at radius 2 is 2.12 bits per heavy atom. The number of thioether (sulfide) groups is 1. The number of carbonyl (C=O) groups is 2. The average molecular weight is 264 g/mol. The van der Waals surface area contributed by atoms with Crippen molar-refractivity contribution < 1.29 is 14.7 Å². The van der Waals surface area contributed by atoms with Crippen LogP contribution < -0.4 is 10.4 Å². The molecule has 6 heteroatoms. The Bertz CT molecular complexity index is 551. The molecule has 1 aliphatic rings. The SMILES string of the molecule is O=C1NC(=S)S/C1=C\c1ccccc1C(=O)[O-]. The maximum atomic E-state index is 11.4. The molecule has 1 heterocycles. The molecule has 4 nitrogen and oxygen atoms in total. The van der Waals surface area contributed by atoms with Crippen LogP contribution >= 0.6 is 24.0 Å². The first-order chi connectivity index (χ1) is 8.08. The van der Waals surface area contributed by atoms with Crippen molar-refractivity contribution in [3.05, 3.63) is 40.3 Å². The van der Waals surface area contributed by atoms with E-state index in [-0.39, 0.29) is 11.5 Å². The lowest BCUT2D eigenvalue weighted by molar-refractivity contribution is -0.255. The second kappa shape index (κ2) is 4.68. The van der Waals surface area contributed by atoms with Gasteiger partial charge in [-0.3, -0.25) is 4.79 Å². The molecular formula is C11H6NO3S2-. The van der Waals surface area contributed by atoms with Gasteiger partial charge in [0.05, 0.1) is 10.9 Å². The number of carboxylic acids is 1. The zero-order chi connectivity index (χ0) is 12.4. The van der Waals surface area contributed by atoms with E-state index in [1.807, 2.05) is 0 Å². The monoisotopic (exact) mass is 264 g/mol. The lowest BCUT2D eigenvalue weighted by Crippen LogP contribution is -2.23. The Morgan fingerprint density at radius 3 is 2.71 bits per heavy atom. The molecule has 0 unspecified atom stereocenters. The first-order valence-electron chi connectivity index (χ1n) is 4.63. The molecular weight excluding hydrogens is 258 g/mol. The zero-order valence-electron chi connectivity index (χ0n) is 8.43. The Labute approximate surface area is 107 Å². The maximum absolute atomic E-state index is 11.4. The molecule has 1 saturated heterocycles. The molecule has 0 atom stereocenters. The second-order valence-electron chi connectivity index (χ2n) is 3.23. The Morgan fingerprint density at radius 1 is 1.41 bits per heavy atom. The van der Waals surface area contributed by atoms with Gasteiger partial charge in [-0.15, -0.1) is 0 Å². The molecule has 0 radical (unpaired) electrons. The first-order valence-corrected chi connectivity index (χ1v) is 5.85. The molecule has 2 rings (SSSR count). The Hall–Kier alpha value is -1.66. The van der Waals surface area contributed by atoms with Crippen LogP contribution in [0.15, 0.2) is 29.2 Å². The molecule has 1 amide bonds. The van der Waals surface area contributed by atoms with Crippen LogP contribution in [0, 0.1) is 0 Å². The summed E-state index contributed by atoms with van der Waals surface area (Å²) in [7, 11) is 0. The number of aromatic carboxylic acids is 1. The van der Waals surface area contributed by atoms with Crippen molar-refractivity contribution in [2.24, 2.45) is 0 Å². The first kappa shape index (κ1) is 11.8. The summed E-state index contributed by atoms with van der Waals surface area (Å²) in [5.74, 6) is -1.59. The van der Waals surface area contributed by atoms with Gasteiger partial charge < -0.3 is 15.2 Å². The molecule has 17 heavy (non-hydrogen) atoms. The van der Waals surface area contributed by atoms with Crippen molar-refractivity contribution in [1.29, 1.82) is 0 Å². The van der Waals surface area contributed by atoms with Crippen molar-refractivity contribution in [3.8, 4) is 0 Å². The fraction of sp³-hybridized carbons (Fsp3) is 0. The van der Waals surface area contributed by atoms with Crippen LogP contribution in [0.3, 0.4) is 0 Å². The molecule has 0 spiro atoms. The van der Waals surface area contributed by atoms with Crippen LogP contribution in [0.5, 0.6) is 0 Å². The maximum Gasteiger partial charge on any atom is 0.263 e. The second-order valence-corrected chi connectivity index (χ2v) is 4.95. The molecule has 1 aliphatic heterocycles. The Balaban J connectivity index is 2.42. The molecule has 86 valence electrons. The minimum absolute atomic E-state index is 0.0474. The predicted molar refractivity (Wildman–Crippen MR) is 67.1 cm³/mol. The summed E-state index contributed by atoms with van der Waals surface area (Å²) >= 11 is 5.94. The molecule has 0 aliphatic carbocycles. The van der Waals surface area contributed by atoms with Gasteiger partial charge in [0.25, 0.3) is 5.91 Å². The van der Waals surface area contributed by atoms with Crippen molar-refractivity contribution in [3.63, 3.8) is 0 Å². The number of benzene rings is 1. The molecule has 0 saturated carbocycles. The van der Waals surface area contributed by atoms with E-state index >= 15 is 0 Å². The van der Waals surface area contributed by atoms with Gasteiger partial charge in [0.2, 0.25) is 0 Å². The summed E-state index contributed by atoms with van der Waals surface area (Å²) in [5, 5.41) is 13.3. The molecule has 1 N–H and O–H groups in total. The number of thiocarbonyl (C=S) groups is 1. The quantitative estimate of drug-likeness (QED) is 0.623. The van der Waals surface area contributed by atoms with Gasteiger partial charge in [0.15, 0.2) is 0 Å². The highest BCUT2D eigenvalue weighted by molar-refractivity contribution is 8.26. The van der Waals surface area contributed by atoms with Gasteiger partial charge in [-0.05, 0) is 11.6 Å². The number of nitrogens with one attached hydrogen (secondary N) is 1.